The molecule has 1 aromatic rings. The Morgan fingerprint density at radius 2 is 1.74 bits per heavy atom. The molecular formula is C21H32ClN3OS. The molecule has 2 fully saturated rings. The summed E-state index contributed by atoms with van der Waals surface area (Å²) in [5.74, 6) is 0. The quantitative estimate of drug-likeness (QED) is 0.776. The van der Waals surface area contributed by atoms with Crippen LogP contribution in [0.4, 0.5) is 5.69 Å². The van der Waals surface area contributed by atoms with Gasteiger partial charge in [0.2, 0.25) is 0 Å². The Labute approximate surface area is 172 Å². The molecule has 1 aromatic carbocycles. The van der Waals surface area contributed by atoms with Crippen LogP contribution in [0.25, 0.3) is 0 Å². The first kappa shape index (κ1) is 19.8. The summed E-state index contributed by atoms with van der Waals surface area (Å²) in [7, 11) is 0. The SMILES string of the molecule is OCCN1CCN(CCCN2c3cc(Cl)ccc3SC3CCCCC32)CC1. The van der Waals surface area contributed by atoms with E-state index in [-0.39, 0.29) is 6.61 Å². The molecule has 1 N–H and O–H groups in total. The molecule has 2 atom stereocenters. The fourth-order valence-corrected chi connectivity index (χ4v) is 6.52. The van der Waals surface area contributed by atoms with Crippen molar-refractivity contribution in [2.45, 2.75) is 48.3 Å². The summed E-state index contributed by atoms with van der Waals surface area (Å²) in [4.78, 5) is 9.05. The number of fused-ring (bicyclic) bond motifs is 2. The number of nitrogens with zero attached hydrogens (tertiary/aromatic N) is 3. The van der Waals surface area contributed by atoms with E-state index in [0.29, 0.717) is 6.04 Å². The number of benzene rings is 1. The predicted octanol–water partition coefficient (Wildman–Crippen LogP) is 3.56. The van der Waals surface area contributed by atoms with Crippen LogP contribution < -0.4 is 4.90 Å². The summed E-state index contributed by atoms with van der Waals surface area (Å²) in [6.45, 7) is 7.83. The minimum absolute atomic E-state index is 0.275. The highest BCUT2D eigenvalue weighted by Crippen LogP contribution is 2.47. The second-order valence-corrected chi connectivity index (χ2v) is 9.79. The first-order valence-electron chi connectivity index (χ1n) is 10.5. The first-order chi connectivity index (χ1) is 13.2. The molecule has 0 spiro atoms. The number of thioether (sulfide) groups is 1. The number of rotatable bonds is 6. The Balaban J connectivity index is 1.36. The fourth-order valence-electron chi connectivity index (χ4n) is 4.86. The molecule has 1 aliphatic carbocycles. The minimum atomic E-state index is 0.275. The number of aliphatic hydroxyl groups is 1. The molecule has 0 aromatic heterocycles. The Bertz CT molecular complexity index is 623. The van der Waals surface area contributed by atoms with Crippen LogP contribution in [-0.2, 0) is 0 Å². The van der Waals surface area contributed by atoms with Crippen molar-refractivity contribution < 1.29 is 5.11 Å². The summed E-state index contributed by atoms with van der Waals surface area (Å²) < 4.78 is 0. The lowest BCUT2D eigenvalue weighted by Gasteiger charge is -2.46. The lowest BCUT2D eigenvalue weighted by atomic mass is 9.92. The molecule has 2 unspecified atom stereocenters. The first-order valence-corrected chi connectivity index (χ1v) is 11.8. The number of aliphatic hydroxyl groups excluding tert-OH is 1. The molecule has 3 aliphatic rings. The van der Waals surface area contributed by atoms with Crippen LogP contribution in [0.2, 0.25) is 5.02 Å². The number of hydrogen-bond acceptors (Lipinski definition) is 5. The largest absolute Gasteiger partial charge is 0.395 e. The van der Waals surface area contributed by atoms with E-state index >= 15 is 0 Å². The normalized spacial score (nSPS) is 26.7. The molecule has 1 saturated heterocycles. The van der Waals surface area contributed by atoms with Gasteiger partial charge in [-0.3, -0.25) is 4.90 Å². The van der Waals surface area contributed by atoms with Crippen molar-refractivity contribution >= 4 is 29.1 Å². The lowest BCUT2D eigenvalue weighted by molar-refractivity contribution is 0.112. The fraction of sp³-hybridized carbons (Fsp3) is 0.714. The van der Waals surface area contributed by atoms with Gasteiger partial charge in [-0.15, -0.1) is 11.8 Å². The highest BCUT2D eigenvalue weighted by atomic mass is 35.5. The average molecular weight is 410 g/mol. The number of halogens is 1. The zero-order chi connectivity index (χ0) is 18.6. The van der Waals surface area contributed by atoms with E-state index in [1.165, 1.54) is 49.2 Å². The third-order valence-electron chi connectivity index (χ3n) is 6.33. The Hall–Kier alpha value is -0.460. The second-order valence-electron chi connectivity index (χ2n) is 8.07. The highest BCUT2D eigenvalue weighted by molar-refractivity contribution is 8.00. The molecule has 0 amide bonds. The van der Waals surface area contributed by atoms with Gasteiger partial charge in [0, 0.05) is 60.5 Å². The molecule has 4 nitrogen and oxygen atoms in total. The van der Waals surface area contributed by atoms with Crippen LogP contribution >= 0.6 is 23.4 Å². The van der Waals surface area contributed by atoms with E-state index in [1.54, 1.807) is 0 Å². The lowest BCUT2D eigenvalue weighted by Crippen LogP contribution is -2.49. The van der Waals surface area contributed by atoms with E-state index in [2.05, 4.69) is 38.6 Å². The van der Waals surface area contributed by atoms with Crippen LogP contribution in [0.15, 0.2) is 23.1 Å². The van der Waals surface area contributed by atoms with Crippen molar-refractivity contribution in [2.75, 3.05) is 57.3 Å². The molecule has 2 heterocycles. The van der Waals surface area contributed by atoms with Crippen molar-refractivity contribution in [1.82, 2.24) is 9.80 Å². The zero-order valence-electron chi connectivity index (χ0n) is 16.2. The van der Waals surface area contributed by atoms with Gasteiger partial charge in [0.1, 0.15) is 0 Å². The van der Waals surface area contributed by atoms with Crippen molar-refractivity contribution in [3.8, 4) is 0 Å². The molecule has 0 radical (unpaired) electrons. The monoisotopic (exact) mass is 409 g/mol. The average Bonchev–Trinajstić information content (AvgIpc) is 2.69. The van der Waals surface area contributed by atoms with Gasteiger partial charge >= 0.3 is 0 Å². The molecular weight excluding hydrogens is 378 g/mol. The van der Waals surface area contributed by atoms with E-state index in [9.17, 15) is 0 Å². The zero-order valence-corrected chi connectivity index (χ0v) is 17.7. The van der Waals surface area contributed by atoms with Gasteiger partial charge in [-0.2, -0.15) is 0 Å². The van der Waals surface area contributed by atoms with E-state index in [0.717, 1.165) is 49.5 Å². The van der Waals surface area contributed by atoms with E-state index in [4.69, 9.17) is 16.7 Å². The maximum atomic E-state index is 9.09. The summed E-state index contributed by atoms with van der Waals surface area (Å²) in [5, 5.41) is 10.7. The Morgan fingerprint density at radius 3 is 2.52 bits per heavy atom. The number of anilines is 1. The van der Waals surface area contributed by atoms with E-state index < -0.39 is 0 Å². The second kappa shape index (κ2) is 9.36. The van der Waals surface area contributed by atoms with Crippen LogP contribution in [0.3, 0.4) is 0 Å². The van der Waals surface area contributed by atoms with Gasteiger partial charge in [0.05, 0.1) is 12.3 Å². The van der Waals surface area contributed by atoms with Crippen LogP contribution in [0.1, 0.15) is 32.1 Å². The highest BCUT2D eigenvalue weighted by Gasteiger charge is 2.36. The van der Waals surface area contributed by atoms with Gasteiger partial charge < -0.3 is 14.9 Å². The van der Waals surface area contributed by atoms with Gasteiger partial charge in [-0.1, -0.05) is 24.4 Å². The summed E-state index contributed by atoms with van der Waals surface area (Å²) >= 11 is 8.43. The van der Waals surface area contributed by atoms with E-state index in [1.807, 2.05) is 6.07 Å². The minimum Gasteiger partial charge on any atom is -0.395 e. The van der Waals surface area contributed by atoms with Crippen molar-refractivity contribution in [3.63, 3.8) is 0 Å². The number of β-amino-alcohol motifs (C(OH)–C–C–N with tert-alkyl or cyclic N) is 1. The smallest absolute Gasteiger partial charge is 0.0558 e. The van der Waals surface area contributed by atoms with Gasteiger partial charge in [-0.05, 0) is 44.0 Å². The standard InChI is InChI=1S/C21H32ClN3OS/c22-17-6-7-21-19(16-17)25(18-4-1-2-5-20(18)27-21)9-3-8-23-10-12-24(13-11-23)14-15-26/h6-7,16,18,20,26H,1-5,8-15H2. The molecule has 150 valence electrons. The van der Waals surface area contributed by atoms with Crippen molar-refractivity contribution in [1.29, 1.82) is 0 Å². The van der Waals surface area contributed by atoms with Crippen LogP contribution in [0.5, 0.6) is 0 Å². The van der Waals surface area contributed by atoms with Gasteiger partial charge in [-0.25, -0.2) is 0 Å². The summed E-state index contributed by atoms with van der Waals surface area (Å²) in [6.07, 6.45) is 6.62. The summed E-state index contributed by atoms with van der Waals surface area (Å²) in [5.41, 5.74) is 1.36. The Morgan fingerprint density at radius 1 is 1.00 bits per heavy atom. The third kappa shape index (κ3) is 4.76. The molecule has 1 saturated carbocycles. The molecule has 27 heavy (non-hydrogen) atoms. The maximum absolute atomic E-state index is 9.09. The Kier molecular flexibility index (Phi) is 6.88. The van der Waals surface area contributed by atoms with Crippen molar-refractivity contribution in [3.05, 3.63) is 23.2 Å². The van der Waals surface area contributed by atoms with Gasteiger partial charge in [0.25, 0.3) is 0 Å². The predicted molar refractivity (Wildman–Crippen MR) is 115 cm³/mol. The third-order valence-corrected chi connectivity index (χ3v) is 8.02. The topological polar surface area (TPSA) is 30.0 Å². The summed E-state index contributed by atoms with van der Waals surface area (Å²) in [6, 6.07) is 7.12. The molecule has 2 aliphatic heterocycles. The maximum Gasteiger partial charge on any atom is 0.0558 e. The van der Waals surface area contributed by atoms with Crippen LogP contribution in [0, 0.1) is 0 Å². The van der Waals surface area contributed by atoms with Crippen molar-refractivity contribution in [2.24, 2.45) is 0 Å². The van der Waals surface area contributed by atoms with Gasteiger partial charge in [0.15, 0.2) is 0 Å². The molecule has 4 rings (SSSR count). The number of hydrogen-bond donors (Lipinski definition) is 1. The molecule has 6 heteroatoms. The number of piperazine rings is 1. The molecule has 0 bridgehead atoms. The van der Waals surface area contributed by atoms with Crippen LogP contribution in [-0.4, -0.2) is 78.6 Å².